The lowest BCUT2D eigenvalue weighted by molar-refractivity contribution is -0.152. The monoisotopic (exact) mass is 579 g/mol. The molecule has 3 aromatic heterocycles. The Labute approximate surface area is 242 Å². The lowest BCUT2D eigenvalue weighted by Crippen LogP contribution is -2.32. The fraction of sp³-hybridized carbons (Fsp3) is 0.367. The highest BCUT2D eigenvalue weighted by Crippen LogP contribution is 2.33. The zero-order chi connectivity index (χ0) is 29.5. The number of carbonyl (C=O) groups is 1. The molecule has 0 N–H and O–H groups in total. The van der Waals surface area contributed by atoms with Crippen LogP contribution in [-0.4, -0.2) is 75.5 Å². The van der Waals surface area contributed by atoms with Gasteiger partial charge in [0.15, 0.2) is 5.82 Å². The molecule has 4 rings (SSSR count). The minimum atomic E-state index is -0.770. The molecule has 1 aromatic carbocycles. The first-order valence-corrected chi connectivity index (χ1v) is 16.1. The number of hydrogen-bond acceptors (Lipinski definition) is 9. The van der Waals surface area contributed by atoms with E-state index in [-0.39, 0.29) is 19.3 Å². The van der Waals surface area contributed by atoms with Gasteiger partial charge in [-0.15, -0.1) is 5.10 Å². The number of methoxy groups -OCH3 is 1. The van der Waals surface area contributed by atoms with Crippen molar-refractivity contribution in [2.75, 3.05) is 44.8 Å². The molecule has 0 radical (unpaired) electrons. The van der Waals surface area contributed by atoms with Crippen molar-refractivity contribution in [3.05, 3.63) is 67.1 Å². The Balaban J connectivity index is 1.46. The third-order valence-electron chi connectivity index (χ3n) is 6.07. The van der Waals surface area contributed by atoms with Gasteiger partial charge in [-0.1, -0.05) is 24.3 Å². The van der Waals surface area contributed by atoms with Crippen LogP contribution in [0.5, 0.6) is 17.6 Å². The Bertz CT molecular complexity index is 1420. The zero-order valence-electron chi connectivity index (χ0n) is 24.4. The summed E-state index contributed by atoms with van der Waals surface area (Å²) in [6.07, 6.45) is 11.8. The Morgan fingerprint density at radius 2 is 1.71 bits per heavy atom. The van der Waals surface area contributed by atoms with E-state index in [0.29, 0.717) is 30.1 Å². The number of pyridine rings is 2. The first-order valence-electron chi connectivity index (χ1n) is 13.1. The Morgan fingerprint density at radius 1 is 0.976 bits per heavy atom. The highest BCUT2D eigenvalue weighted by molar-refractivity contribution is 8.32. The maximum atomic E-state index is 11.9. The van der Waals surface area contributed by atoms with Gasteiger partial charge in [0, 0.05) is 35.3 Å². The summed E-state index contributed by atoms with van der Waals surface area (Å²) in [4.78, 5) is 25.0. The van der Waals surface area contributed by atoms with Crippen LogP contribution >= 0.6 is 10.0 Å². The molecule has 4 aromatic rings. The lowest BCUT2D eigenvalue weighted by atomic mass is 9.95. The lowest BCUT2D eigenvalue weighted by Gasteiger charge is -2.24. The Hall–Kier alpha value is -3.96. The second kappa shape index (κ2) is 13.1. The van der Waals surface area contributed by atoms with Gasteiger partial charge in [-0.2, -0.15) is 9.67 Å². The molecule has 218 valence electrons. The van der Waals surface area contributed by atoms with Crippen LogP contribution < -0.4 is 9.47 Å². The van der Waals surface area contributed by atoms with E-state index >= 15 is 0 Å². The summed E-state index contributed by atoms with van der Waals surface area (Å²) in [5, 5.41) is 4.66. The summed E-state index contributed by atoms with van der Waals surface area (Å²) in [7, 11) is 0.709. The van der Waals surface area contributed by atoms with Crippen LogP contribution in [0.3, 0.4) is 0 Å². The van der Waals surface area contributed by atoms with Gasteiger partial charge < -0.3 is 18.9 Å². The van der Waals surface area contributed by atoms with Gasteiger partial charge >= 0.3 is 12.0 Å². The van der Waals surface area contributed by atoms with E-state index in [4.69, 9.17) is 18.9 Å². The molecule has 10 nitrogen and oxygen atoms in total. The standard InChI is InChI=1S/C30H37N5O5S/c1-30(2,28(36)37-3)20-39-26-14-13-24(18-32-26)22-9-11-23(12-10-22)27-33-29(40-25-8-7-15-31-19-25)35(34-27)21-38-16-17-41(4,5)6/h7-15,18-19H,16-17,20-21H2,1-6H3. The zero-order valence-corrected chi connectivity index (χ0v) is 25.2. The van der Waals surface area contributed by atoms with Crippen molar-refractivity contribution in [3.63, 3.8) is 0 Å². The molecule has 0 spiro atoms. The van der Waals surface area contributed by atoms with Crippen molar-refractivity contribution in [2.24, 2.45) is 5.41 Å². The van der Waals surface area contributed by atoms with Gasteiger partial charge in [0.25, 0.3) is 0 Å². The number of ether oxygens (including phenoxy) is 4. The van der Waals surface area contributed by atoms with Crippen LogP contribution in [0, 0.1) is 5.41 Å². The fourth-order valence-corrected chi connectivity index (χ4v) is 4.24. The van der Waals surface area contributed by atoms with Gasteiger partial charge in [0.1, 0.15) is 19.1 Å². The summed E-state index contributed by atoms with van der Waals surface area (Å²) in [5.74, 6) is 2.19. The predicted octanol–water partition coefficient (Wildman–Crippen LogP) is 5.44. The van der Waals surface area contributed by atoms with Gasteiger partial charge in [-0.25, -0.2) is 15.0 Å². The maximum absolute atomic E-state index is 11.9. The topological polar surface area (TPSA) is 110 Å². The molecule has 0 amide bonds. The number of esters is 1. The molecule has 11 heteroatoms. The Morgan fingerprint density at radius 3 is 2.34 bits per heavy atom. The SMILES string of the molecule is COC(=O)C(C)(C)COc1ccc(-c2ccc(-c3nc(Oc4cccnc4)n(COCCS(C)(C)C)n3)cc2)cn1. The summed E-state index contributed by atoms with van der Waals surface area (Å²) in [6.45, 7) is 4.56. The van der Waals surface area contributed by atoms with Crippen LogP contribution in [0.25, 0.3) is 22.5 Å². The molecule has 41 heavy (non-hydrogen) atoms. The highest BCUT2D eigenvalue weighted by Gasteiger charge is 2.30. The van der Waals surface area contributed by atoms with Crippen molar-refractivity contribution in [1.29, 1.82) is 0 Å². The number of benzene rings is 1. The van der Waals surface area contributed by atoms with E-state index in [1.54, 1.807) is 49.3 Å². The van der Waals surface area contributed by atoms with Gasteiger partial charge in [-0.05, 0) is 56.4 Å². The molecule has 0 fully saturated rings. The second-order valence-electron chi connectivity index (χ2n) is 11.0. The fourth-order valence-electron chi connectivity index (χ4n) is 3.62. The van der Waals surface area contributed by atoms with Crippen molar-refractivity contribution < 1.29 is 23.7 Å². The summed E-state index contributed by atoms with van der Waals surface area (Å²) < 4.78 is 24.1. The van der Waals surface area contributed by atoms with Crippen LogP contribution in [0.4, 0.5) is 0 Å². The van der Waals surface area contributed by atoms with Crippen LogP contribution in [0.2, 0.25) is 0 Å². The summed E-state index contributed by atoms with van der Waals surface area (Å²) in [5.41, 5.74) is 1.96. The minimum absolute atomic E-state index is 0.162. The molecular formula is C30H37N5O5S. The van der Waals surface area contributed by atoms with E-state index in [2.05, 4.69) is 38.8 Å². The minimum Gasteiger partial charge on any atom is -0.476 e. The van der Waals surface area contributed by atoms with Crippen molar-refractivity contribution in [1.82, 2.24) is 24.7 Å². The quantitative estimate of drug-likeness (QED) is 0.151. The van der Waals surface area contributed by atoms with Crippen molar-refractivity contribution in [3.8, 4) is 40.2 Å². The average Bonchev–Trinajstić information content (AvgIpc) is 3.36. The second-order valence-corrected chi connectivity index (χ2v) is 15.6. The van der Waals surface area contributed by atoms with E-state index in [9.17, 15) is 4.79 Å². The van der Waals surface area contributed by atoms with E-state index in [0.717, 1.165) is 22.4 Å². The molecule has 0 aliphatic rings. The number of aromatic nitrogens is 5. The third kappa shape index (κ3) is 8.51. The van der Waals surface area contributed by atoms with Crippen LogP contribution in [0.1, 0.15) is 13.8 Å². The third-order valence-corrected chi connectivity index (χ3v) is 7.46. The van der Waals surface area contributed by atoms with Gasteiger partial charge in [0.2, 0.25) is 5.88 Å². The molecule has 0 atom stereocenters. The molecule has 0 aliphatic carbocycles. The largest absolute Gasteiger partial charge is 0.476 e. The van der Waals surface area contributed by atoms with Crippen LogP contribution in [-0.2, 0) is 21.0 Å². The van der Waals surface area contributed by atoms with E-state index in [1.165, 1.54) is 7.11 Å². The van der Waals surface area contributed by atoms with Crippen molar-refractivity contribution >= 4 is 16.0 Å². The van der Waals surface area contributed by atoms with E-state index in [1.807, 2.05) is 36.4 Å². The first-order chi connectivity index (χ1) is 19.5. The molecular weight excluding hydrogens is 542 g/mol. The normalized spacial score (nSPS) is 12.1. The molecule has 0 saturated heterocycles. The van der Waals surface area contributed by atoms with Gasteiger partial charge in [-0.3, -0.25) is 9.78 Å². The smallest absolute Gasteiger partial charge is 0.323 e. The maximum Gasteiger partial charge on any atom is 0.323 e. The average molecular weight is 580 g/mol. The molecule has 3 heterocycles. The predicted molar refractivity (Wildman–Crippen MR) is 160 cm³/mol. The molecule has 0 bridgehead atoms. The highest BCUT2D eigenvalue weighted by atomic mass is 32.3. The van der Waals surface area contributed by atoms with Gasteiger partial charge in [0.05, 0.1) is 25.3 Å². The molecule has 0 saturated carbocycles. The van der Waals surface area contributed by atoms with Crippen LogP contribution in [0.15, 0.2) is 67.1 Å². The number of nitrogens with zero attached hydrogens (tertiary/aromatic N) is 5. The van der Waals surface area contributed by atoms with E-state index < -0.39 is 15.4 Å². The number of hydrogen-bond donors (Lipinski definition) is 0. The molecule has 0 aliphatic heterocycles. The summed E-state index contributed by atoms with van der Waals surface area (Å²) in [6, 6.07) is 15.5. The molecule has 0 unspecified atom stereocenters. The number of carbonyl (C=O) groups excluding carboxylic acids is 1. The summed E-state index contributed by atoms with van der Waals surface area (Å²) >= 11 is 0. The van der Waals surface area contributed by atoms with Crippen molar-refractivity contribution in [2.45, 2.75) is 20.6 Å². The Kier molecular flexibility index (Phi) is 9.61. The first kappa shape index (κ1) is 30.0. The number of rotatable bonds is 13.